The molecule has 0 aromatic rings. The van der Waals surface area contributed by atoms with Gasteiger partial charge >= 0.3 is 0 Å². The fraction of sp³-hybridized carbons (Fsp3) is 1.00. The molecule has 17 heavy (non-hydrogen) atoms. The standard InChI is InChI=1S/C17H32/c1-7-9-15(3,4)10-11-16(5)12-13-14(16)17(13,6)8-2/h13-14H,7-12H2,1-6H3. The van der Waals surface area contributed by atoms with E-state index in [4.69, 9.17) is 0 Å². The summed E-state index contributed by atoms with van der Waals surface area (Å²) >= 11 is 0. The molecule has 100 valence electrons. The Morgan fingerprint density at radius 2 is 1.76 bits per heavy atom. The summed E-state index contributed by atoms with van der Waals surface area (Å²) in [5, 5.41) is 0. The van der Waals surface area contributed by atoms with Crippen LogP contribution in [0, 0.1) is 28.1 Å². The minimum atomic E-state index is 0.570. The van der Waals surface area contributed by atoms with Crippen LogP contribution in [0.1, 0.15) is 80.1 Å². The molecule has 0 bridgehead atoms. The Labute approximate surface area is 109 Å². The van der Waals surface area contributed by atoms with Crippen LogP contribution in [0.25, 0.3) is 0 Å². The first-order valence-corrected chi connectivity index (χ1v) is 7.79. The molecule has 0 heteroatoms. The van der Waals surface area contributed by atoms with Crippen molar-refractivity contribution in [2.75, 3.05) is 0 Å². The van der Waals surface area contributed by atoms with Gasteiger partial charge in [-0.3, -0.25) is 0 Å². The molecular formula is C17H32. The van der Waals surface area contributed by atoms with E-state index in [1.165, 1.54) is 38.5 Å². The molecule has 0 nitrogen and oxygen atoms in total. The van der Waals surface area contributed by atoms with E-state index in [0.717, 1.165) is 17.3 Å². The van der Waals surface area contributed by atoms with Crippen LogP contribution in [0.4, 0.5) is 0 Å². The lowest BCUT2D eigenvalue weighted by Gasteiger charge is -2.40. The van der Waals surface area contributed by atoms with Crippen LogP contribution in [0.2, 0.25) is 0 Å². The molecule has 0 heterocycles. The summed E-state index contributed by atoms with van der Waals surface area (Å²) in [6.45, 7) is 14.7. The Kier molecular flexibility index (Phi) is 3.16. The Balaban J connectivity index is 1.86. The summed E-state index contributed by atoms with van der Waals surface area (Å²) < 4.78 is 0. The number of rotatable bonds is 6. The highest BCUT2D eigenvalue weighted by Crippen LogP contribution is 2.80. The monoisotopic (exact) mass is 236 g/mol. The maximum absolute atomic E-state index is 2.57. The van der Waals surface area contributed by atoms with Crippen molar-refractivity contribution in [1.29, 1.82) is 0 Å². The van der Waals surface area contributed by atoms with Crippen LogP contribution < -0.4 is 0 Å². The zero-order valence-corrected chi connectivity index (χ0v) is 12.9. The highest BCUT2D eigenvalue weighted by Gasteiger charge is 2.74. The summed E-state index contributed by atoms with van der Waals surface area (Å²) in [6.07, 6.45) is 8.54. The quantitative estimate of drug-likeness (QED) is 0.558. The third kappa shape index (κ3) is 2.06. The lowest BCUT2D eigenvalue weighted by molar-refractivity contribution is 0.0958. The Morgan fingerprint density at radius 3 is 2.24 bits per heavy atom. The molecule has 0 aromatic carbocycles. The Morgan fingerprint density at radius 1 is 1.12 bits per heavy atom. The summed E-state index contributed by atoms with van der Waals surface area (Å²) in [5.74, 6) is 2.16. The molecule has 4 atom stereocenters. The Bertz CT molecular complexity index is 290. The van der Waals surface area contributed by atoms with Crippen molar-refractivity contribution in [3.8, 4) is 0 Å². The minimum Gasteiger partial charge on any atom is -0.0654 e. The molecule has 2 rings (SSSR count). The molecule has 0 saturated heterocycles. The van der Waals surface area contributed by atoms with Gasteiger partial charge in [-0.05, 0) is 53.8 Å². The summed E-state index contributed by atoms with van der Waals surface area (Å²) in [4.78, 5) is 0. The van der Waals surface area contributed by atoms with Gasteiger partial charge in [-0.1, -0.05) is 54.4 Å². The van der Waals surface area contributed by atoms with Crippen molar-refractivity contribution >= 4 is 0 Å². The fourth-order valence-corrected chi connectivity index (χ4v) is 4.93. The molecule has 4 unspecified atom stereocenters. The van der Waals surface area contributed by atoms with E-state index < -0.39 is 0 Å². The predicted octanol–water partition coefficient (Wildman–Crippen LogP) is 5.67. The average Bonchev–Trinajstić information content (AvgIpc) is 2.75. The zero-order chi connectivity index (χ0) is 12.9. The van der Waals surface area contributed by atoms with Crippen molar-refractivity contribution in [3.05, 3.63) is 0 Å². The molecule has 2 aliphatic rings. The van der Waals surface area contributed by atoms with Crippen LogP contribution in [0.15, 0.2) is 0 Å². The average molecular weight is 236 g/mol. The molecule has 0 amide bonds. The molecule has 2 saturated carbocycles. The minimum absolute atomic E-state index is 0.570. The molecule has 0 radical (unpaired) electrons. The molecule has 2 aliphatic carbocycles. The van der Waals surface area contributed by atoms with E-state index in [1.54, 1.807) is 0 Å². The second kappa shape index (κ2) is 4.00. The highest BCUT2D eigenvalue weighted by molar-refractivity contribution is 5.22. The van der Waals surface area contributed by atoms with Gasteiger partial charge in [0.05, 0.1) is 0 Å². The maximum Gasteiger partial charge on any atom is -0.0261 e. The largest absolute Gasteiger partial charge is 0.0654 e. The summed E-state index contributed by atoms with van der Waals surface area (Å²) in [7, 11) is 0. The zero-order valence-electron chi connectivity index (χ0n) is 12.9. The van der Waals surface area contributed by atoms with Crippen LogP contribution in [-0.4, -0.2) is 0 Å². The third-order valence-electron chi connectivity index (χ3n) is 6.35. The highest BCUT2D eigenvalue weighted by atomic mass is 14.8. The van der Waals surface area contributed by atoms with E-state index in [-0.39, 0.29) is 0 Å². The van der Waals surface area contributed by atoms with Gasteiger partial charge in [-0.2, -0.15) is 0 Å². The molecule has 0 aliphatic heterocycles. The Hall–Kier alpha value is 0. The van der Waals surface area contributed by atoms with Gasteiger partial charge in [0.25, 0.3) is 0 Å². The molecule has 0 spiro atoms. The van der Waals surface area contributed by atoms with E-state index >= 15 is 0 Å². The van der Waals surface area contributed by atoms with Gasteiger partial charge in [0.2, 0.25) is 0 Å². The lowest BCUT2D eigenvalue weighted by Crippen LogP contribution is -2.31. The second-order valence-corrected chi connectivity index (χ2v) is 8.22. The van der Waals surface area contributed by atoms with Gasteiger partial charge in [0.15, 0.2) is 0 Å². The van der Waals surface area contributed by atoms with Crippen molar-refractivity contribution < 1.29 is 0 Å². The van der Waals surface area contributed by atoms with Crippen molar-refractivity contribution in [2.45, 2.75) is 80.1 Å². The van der Waals surface area contributed by atoms with E-state index in [9.17, 15) is 0 Å². The van der Waals surface area contributed by atoms with Gasteiger partial charge in [0, 0.05) is 0 Å². The van der Waals surface area contributed by atoms with Crippen LogP contribution in [-0.2, 0) is 0 Å². The van der Waals surface area contributed by atoms with E-state index in [1.807, 2.05) is 0 Å². The van der Waals surface area contributed by atoms with E-state index in [0.29, 0.717) is 10.8 Å². The van der Waals surface area contributed by atoms with Crippen molar-refractivity contribution in [3.63, 3.8) is 0 Å². The van der Waals surface area contributed by atoms with Gasteiger partial charge in [-0.25, -0.2) is 0 Å². The fourth-order valence-electron chi connectivity index (χ4n) is 4.93. The lowest BCUT2D eigenvalue weighted by atomic mass is 9.65. The maximum atomic E-state index is 2.57. The van der Waals surface area contributed by atoms with Crippen LogP contribution in [0.3, 0.4) is 0 Å². The first-order valence-electron chi connectivity index (χ1n) is 7.79. The molecule has 0 aromatic heterocycles. The SMILES string of the molecule is CCCC(C)(C)CCC1(C)CC2C1C2(C)CC. The van der Waals surface area contributed by atoms with Gasteiger partial charge < -0.3 is 0 Å². The summed E-state index contributed by atoms with van der Waals surface area (Å²) in [5.41, 5.74) is 1.99. The van der Waals surface area contributed by atoms with Crippen molar-refractivity contribution in [2.24, 2.45) is 28.1 Å². The first kappa shape index (κ1) is 13.4. The smallest absolute Gasteiger partial charge is 0.0261 e. The normalized spacial score (nSPS) is 44.1. The number of hydrogen-bond acceptors (Lipinski definition) is 0. The first-order chi connectivity index (χ1) is 7.79. The topological polar surface area (TPSA) is 0 Å². The van der Waals surface area contributed by atoms with Crippen molar-refractivity contribution in [1.82, 2.24) is 0 Å². The predicted molar refractivity (Wildman–Crippen MR) is 76.0 cm³/mol. The number of fused-ring (bicyclic) bond motifs is 1. The second-order valence-electron chi connectivity index (χ2n) is 8.22. The van der Waals surface area contributed by atoms with Gasteiger partial charge in [-0.15, -0.1) is 0 Å². The molecular weight excluding hydrogens is 204 g/mol. The number of hydrogen-bond donors (Lipinski definition) is 0. The summed E-state index contributed by atoms with van der Waals surface area (Å²) in [6, 6.07) is 0. The molecule has 0 N–H and O–H groups in total. The van der Waals surface area contributed by atoms with Crippen LogP contribution >= 0.6 is 0 Å². The molecule has 2 fully saturated rings. The van der Waals surface area contributed by atoms with Gasteiger partial charge in [0.1, 0.15) is 0 Å². The van der Waals surface area contributed by atoms with E-state index in [2.05, 4.69) is 41.5 Å². The van der Waals surface area contributed by atoms with Crippen LogP contribution in [0.5, 0.6) is 0 Å². The third-order valence-corrected chi connectivity index (χ3v) is 6.35.